The van der Waals surface area contributed by atoms with Gasteiger partial charge in [-0.1, -0.05) is 271 Å². The van der Waals surface area contributed by atoms with Crippen LogP contribution >= 0.6 is 0 Å². The Morgan fingerprint density at radius 3 is 0.829 bits per heavy atom. The molecule has 0 saturated carbocycles. The van der Waals surface area contributed by atoms with E-state index in [0.29, 0.717) is 19.3 Å². The number of allylic oxidation sites excluding steroid dienone is 20. The van der Waals surface area contributed by atoms with E-state index in [1.807, 2.05) is 0 Å². The molecule has 6 nitrogen and oxygen atoms in total. The maximum absolute atomic E-state index is 12.8. The molecule has 0 bridgehead atoms. The third kappa shape index (κ3) is 60.7. The first-order valence-electron chi connectivity index (χ1n) is 31.5. The molecule has 0 amide bonds. The van der Waals surface area contributed by atoms with Gasteiger partial charge in [-0.05, 0) is 116 Å². The molecule has 0 rings (SSSR count). The van der Waals surface area contributed by atoms with Crippen molar-refractivity contribution >= 4 is 17.9 Å². The third-order valence-corrected chi connectivity index (χ3v) is 13.2. The summed E-state index contributed by atoms with van der Waals surface area (Å²) in [6, 6.07) is 0. The van der Waals surface area contributed by atoms with Crippen molar-refractivity contribution in [2.24, 2.45) is 0 Å². The molecule has 432 valence electrons. The molecule has 0 aromatic heterocycles. The normalized spacial score (nSPS) is 12.9. The summed E-state index contributed by atoms with van der Waals surface area (Å²) >= 11 is 0. The van der Waals surface area contributed by atoms with E-state index in [2.05, 4.69) is 142 Å². The van der Waals surface area contributed by atoms with Crippen molar-refractivity contribution in [1.82, 2.24) is 0 Å². The number of hydrogen-bond donors (Lipinski definition) is 0. The first-order valence-corrected chi connectivity index (χ1v) is 31.5. The predicted molar refractivity (Wildman–Crippen MR) is 330 cm³/mol. The van der Waals surface area contributed by atoms with Gasteiger partial charge in [-0.25, -0.2) is 0 Å². The van der Waals surface area contributed by atoms with E-state index in [4.69, 9.17) is 14.2 Å². The highest BCUT2D eigenvalue weighted by atomic mass is 16.6. The van der Waals surface area contributed by atoms with E-state index in [1.165, 1.54) is 96.3 Å². The molecule has 0 N–H and O–H groups in total. The Bertz CT molecular complexity index is 1590. The largest absolute Gasteiger partial charge is 0.462 e. The number of unbranched alkanes of at least 4 members (excludes halogenated alkanes) is 25. The molecule has 0 aromatic carbocycles. The molecule has 0 aliphatic carbocycles. The van der Waals surface area contributed by atoms with Crippen LogP contribution in [0.15, 0.2) is 122 Å². The summed E-state index contributed by atoms with van der Waals surface area (Å²) in [6.07, 6.45) is 87.8. The van der Waals surface area contributed by atoms with Gasteiger partial charge in [0.25, 0.3) is 0 Å². The van der Waals surface area contributed by atoms with E-state index < -0.39 is 6.10 Å². The molecule has 0 aromatic rings. The lowest BCUT2D eigenvalue weighted by atomic mass is 10.0. The lowest BCUT2D eigenvalue weighted by Crippen LogP contribution is -2.30. The lowest BCUT2D eigenvalue weighted by molar-refractivity contribution is -0.167. The monoisotopic (exact) mass is 1050 g/mol. The molecule has 1 unspecified atom stereocenters. The Morgan fingerprint density at radius 2 is 0.513 bits per heavy atom. The summed E-state index contributed by atoms with van der Waals surface area (Å²) in [6.45, 7) is 6.49. The van der Waals surface area contributed by atoms with Crippen molar-refractivity contribution in [2.75, 3.05) is 13.2 Å². The molecule has 0 heterocycles. The Labute approximate surface area is 469 Å². The van der Waals surface area contributed by atoms with Gasteiger partial charge in [0.15, 0.2) is 6.10 Å². The SMILES string of the molecule is CC/C=C\C/C=C\C/C=C\C/C=C\C/C=C\C/C=C\C/C=C\C/C=C\C/C=C\CCCCCCCC(=O)OCC(COC(=O)CCCCCCCCCCCCCC)OC(=O)CCCCCCC/C=C\CCCCCC. The number of esters is 3. The number of carbonyl (C=O) groups excluding carboxylic acids is 3. The molecule has 1 atom stereocenters. The molecule has 0 radical (unpaired) electrons. The molecule has 0 fully saturated rings. The van der Waals surface area contributed by atoms with Crippen LogP contribution in [0.4, 0.5) is 0 Å². The molecule has 0 aliphatic rings. The summed E-state index contributed by atoms with van der Waals surface area (Å²) < 4.78 is 16.8. The first kappa shape index (κ1) is 71.8. The van der Waals surface area contributed by atoms with Gasteiger partial charge < -0.3 is 14.2 Å². The standard InChI is InChI=1S/C70H116O6/c1-4-7-10-13-16-19-22-25-26-27-28-29-30-31-32-33-34-35-36-37-38-39-40-41-42-43-44-46-48-51-54-57-60-63-69(72)75-66-67(65-74-68(71)62-59-56-53-50-47-24-21-18-15-12-9-6-3)76-70(73)64-61-58-55-52-49-45-23-20-17-14-11-8-5-2/h7,10,16,19-20,23,25-26,28-29,31-32,34-35,37-38,40-41,43-44,67H,4-6,8-9,11-15,17-18,21-22,24,27,30,33,36,39,42,45-66H2,1-3H3/b10-7-,19-16-,23-20-,26-25-,29-28-,32-31-,35-34-,38-37-,41-40-,44-43-. The highest BCUT2D eigenvalue weighted by Gasteiger charge is 2.19. The second kappa shape index (κ2) is 63.3. The van der Waals surface area contributed by atoms with Gasteiger partial charge >= 0.3 is 17.9 Å². The van der Waals surface area contributed by atoms with Crippen LogP contribution in [0, 0.1) is 0 Å². The van der Waals surface area contributed by atoms with Crippen LogP contribution < -0.4 is 0 Å². The second-order valence-electron chi connectivity index (χ2n) is 20.6. The summed E-state index contributed by atoms with van der Waals surface area (Å²) in [5, 5.41) is 0. The van der Waals surface area contributed by atoms with Gasteiger partial charge in [0.2, 0.25) is 0 Å². The first-order chi connectivity index (χ1) is 37.5. The molecule has 0 aliphatic heterocycles. The Hall–Kier alpha value is -4.19. The maximum atomic E-state index is 12.8. The van der Waals surface area contributed by atoms with Crippen molar-refractivity contribution in [3.8, 4) is 0 Å². The van der Waals surface area contributed by atoms with E-state index in [-0.39, 0.29) is 31.1 Å². The fraction of sp³-hybridized carbons (Fsp3) is 0.671. The summed E-state index contributed by atoms with van der Waals surface area (Å²) in [5.41, 5.74) is 0. The van der Waals surface area contributed by atoms with Gasteiger partial charge in [-0.3, -0.25) is 14.4 Å². The van der Waals surface area contributed by atoms with Crippen molar-refractivity contribution in [3.05, 3.63) is 122 Å². The minimum absolute atomic E-state index is 0.0867. The Morgan fingerprint density at radius 1 is 0.276 bits per heavy atom. The van der Waals surface area contributed by atoms with E-state index >= 15 is 0 Å². The van der Waals surface area contributed by atoms with Crippen LogP contribution in [0.1, 0.15) is 284 Å². The minimum atomic E-state index is -0.791. The summed E-state index contributed by atoms with van der Waals surface area (Å²) in [4.78, 5) is 38.2. The Kier molecular flexibility index (Phi) is 59.9. The quantitative estimate of drug-likeness (QED) is 0.0261. The molecule has 0 spiro atoms. The number of hydrogen-bond acceptors (Lipinski definition) is 6. The van der Waals surface area contributed by atoms with Gasteiger partial charge in [0.05, 0.1) is 0 Å². The van der Waals surface area contributed by atoms with Crippen molar-refractivity contribution in [1.29, 1.82) is 0 Å². The van der Waals surface area contributed by atoms with E-state index in [1.54, 1.807) is 0 Å². The van der Waals surface area contributed by atoms with Crippen LogP contribution in [0.2, 0.25) is 0 Å². The van der Waals surface area contributed by atoms with Crippen LogP contribution in [-0.4, -0.2) is 37.2 Å². The number of carbonyl (C=O) groups is 3. The number of rotatable bonds is 56. The smallest absolute Gasteiger partial charge is 0.306 e. The number of ether oxygens (including phenoxy) is 3. The zero-order valence-electron chi connectivity index (χ0n) is 49.5. The summed E-state index contributed by atoms with van der Waals surface area (Å²) in [7, 11) is 0. The molecular formula is C70H116O6. The van der Waals surface area contributed by atoms with Crippen LogP contribution in [-0.2, 0) is 28.6 Å². The van der Waals surface area contributed by atoms with Gasteiger partial charge in [-0.2, -0.15) is 0 Å². The zero-order valence-corrected chi connectivity index (χ0v) is 49.5. The highest BCUT2D eigenvalue weighted by molar-refractivity contribution is 5.71. The fourth-order valence-corrected chi connectivity index (χ4v) is 8.49. The zero-order chi connectivity index (χ0) is 55.0. The van der Waals surface area contributed by atoms with Gasteiger partial charge in [0.1, 0.15) is 13.2 Å². The predicted octanol–water partition coefficient (Wildman–Crippen LogP) is 21.6. The topological polar surface area (TPSA) is 78.9 Å². The molecule has 6 heteroatoms. The van der Waals surface area contributed by atoms with Crippen molar-refractivity contribution < 1.29 is 28.6 Å². The minimum Gasteiger partial charge on any atom is -0.462 e. The van der Waals surface area contributed by atoms with Crippen LogP contribution in [0.25, 0.3) is 0 Å². The Balaban J connectivity index is 4.28. The molecular weight excluding hydrogens is 937 g/mol. The van der Waals surface area contributed by atoms with Crippen LogP contribution in [0.5, 0.6) is 0 Å². The van der Waals surface area contributed by atoms with Gasteiger partial charge in [-0.15, -0.1) is 0 Å². The third-order valence-electron chi connectivity index (χ3n) is 13.2. The average molecular weight is 1050 g/mol. The van der Waals surface area contributed by atoms with E-state index in [0.717, 1.165) is 148 Å². The molecule has 0 saturated heterocycles. The second-order valence-corrected chi connectivity index (χ2v) is 20.6. The summed E-state index contributed by atoms with van der Waals surface area (Å²) in [5.74, 6) is -0.913. The molecule has 76 heavy (non-hydrogen) atoms. The lowest BCUT2D eigenvalue weighted by Gasteiger charge is -2.18. The fourth-order valence-electron chi connectivity index (χ4n) is 8.49. The highest BCUT2D eigenvalue weighted by Crippen LogP contribution is 2.15. The van der Waals surface area contributed by atoms with E-state index in [9.17, 15) is 14.4 Å². The van der Waals surface area contributed by atoms with Crippen molar-refractivity contribution in [2.45, 2.75) is 290 Å². The maximum Gasteiger partial charge on any atom is 0.306 e. The van der Waals surface area contributed by atoms with Crippen LogP contribution in [0.3, 0.4) is 0 Å². The van der Waals surface area contributed by atoms with Crippen molar-refractivity contribution in [3.63, 3.8) is 0 Å². The van der Waals surface area contributed by atoms with Gasteiger partial charge in [0, 0.05) is 19.3 Å². The average Bonchev–Trinajstić information content (AvgIpc) is 3.42.